The largest absolute Gasteiger partial charge is 0.434 e. The average molecular weight is 330 g/mol. The average Bonchev–Trinajstić information content (AvgIpc) is 3.07. The van der Waals surface area contributed by atoms with Gasteiger partial charge >= 0.3 is 0 Å². The number of carbonyl (C=O) groups is 1. The van der Waals surface area contributed by atoms with Crippen LogP contribution in [-0.4, -0.2) is 40.9 Å². The van der Waals surface area contributed by atoms with E-state index in [2.05, 4.69) is 15.3 Å². The Kier molecular flexibility index (Phi) is 5.00. The van der Waals surface area contributed by atoms with Crippen molar-refractivity contribution in [3.8, 4) is 11.6 Å². The van der Waals surface area contributed by atoms with Gasteiger partial charge in [0.2, 0.25) is 11.8 Å². The number of hydrogen-bond donors (Lipinski definition) is 1. The molecule has 3 rings (SSSR count). The monoisotopic (exact) mass is 330 g/mol. The third-order valence-corrected chi connectivity index (χ3v) is 3.92. The molecule has 2 aromatic rings. The molecule has 24 heavy (non-hydrogen) atoms. The number of halogens is 1. The lowest BCUT2D eigenvalue weighted by Crippen LogP contribution is -2.36. The van der Waals surface area contributed by atoms with Crippen LogP contribution in [-0.2, 0) is 4.79 Å². The molecule has 2 heterocycles. The van der Waals surface area contributed by atoms with E-state index in [1.807, 2.05) is 0 Å². The first-order valence-electron chi connectivity index (χ1n) is 7.87. The summed E-state index contributed by atoms with van der Waals surface area (Å²) in [5, 5.41) is 2.87. The van der Waals surface area contributed by atoms with Crippen LogP contribution in [0.15, 0.2) is 36.7 Å². The standard InChI is InChI=1S/C17H19FN4O2/c1-19-11-17(23)22-8-4-6-14(22)13-9-20-10-16(21-13)24-15-7-3-2-5-12(15)18/h2-3,5,7,9-10,14,19H,4,6,8,11H2,1H3. The molecular formula is C17H19FN4O2. The zero-order valence-corrected chi connectivity index (χ0v) is 13.4. The summed E-state index contributed by atoms with van der Waals surface area (Å²) in [6.07, 6.45) is 4.81. The minimum absolute atomic E-state index is 0.0298. The van der Waals surface area contributed by atoms with Crippen molar-refractivity contribution < 1.29 is 13.9 Å². The Balaban J connectivity index is 1.80. The van der Waals surface area contributed by atoms with Crippen molar-refractivity contribution in [1.82, 2.24) is 20.2 Å². The van der Waals surface area contributed by atoms with E-state index in [9.17, 15) is 9.18 Å². The van der Waals surface area contributed by atoms with Crippen LogP contribution in [0.5, 0.6) is 11.6 Å². The molecule has 6 nitrogen and oxygen atoms in total. The van der Waals surface area contributed by atoms with E-state index in [0.29, 0.717) is 12.2 Å². The van der Waals surface area contributed by atoms with Crippen LogP contribution in [0.4, 0.5) is 4.39 Å². The Morgan fingerprint density at radius 3 is 3.04 bits per heavy atom. The summed E-state index contributed by atoms with van der Waals surface area (Å²) < 4.78 is 19.2. The van der Waals surface area contributed by atoms with Crippen LogP contribution in [0.2, 0.25) is 0 Å². The molecule has 0 spiro atoms. The quantitative estimate of drug-likeness (QED) is 0.911. The zero-order valence-electron chi connectivity index (χ0n) is 13.4. The Labute approximate surface area is 139 Å². The molecule has 0 saturated carbocycles. The van der Waals surface area contributed by atoms with E-state index in [0.717, 1.165) is 12.8 Å². The van der Waals surface area contributed by atoms with Gasteiger partial charge in [-0.15, -0.1) is 0 Å². The number of nitrogens with one attached hydrogen (secondary N) is 1. The summed E-state index contributed by atoms with van der Waals surface area (Å²) in [7, 11) is 1.74. The minimum Gasteiger partial charge on any atom is -0.434 e. The van der Waals surface area contributed by atoms with Crippen LogP contribution in [0.3, 0.4) is 0 Å². The van der Waals surface area contributed by atoms with E-state index in [4.69, 9.17) is 4.74 Å². The van der Waals surface area contributed by atoms with Crippen molar-refractivity contribution in [3.05, 3.63) is 48.2 Å². The fourth-order valence-electron chi connectivity index (χ4n) is 2.84. The van der Waals surface area contributed by atoms with Gasteiger partial charge < -0.3 is 15.0 Å². The molecule has 1 unspecified atom stereocenters. The molecule has 1 aromatic heterocycles. The Morgan fingerprint density at radius 2 is 2.25 bits per heavy atom. The highest BCUT2D eigenvalue weighted by molar-refractivity contribution is 5.79. The third-order valence-electron chi connectivity index (χ3n) is 3.92. The number of amides is 1. The fourth-order valence-corrected chi connectivity index (χ4v) is 2.84. The molecule has 0 bridgehead atoms. The number of rotatable bonds is 5. The van der Waals surface area contributed by atoms with Gasteiger partial charge in [-0.05, 0) is 32.0 Å². The van der Waals surface area contributed by atoms with Crippen LogP contribution >= 0.6 is 0 Å². The predicted octanol–water partition coefficient (Wildman–Crippen LogP) is 2.29. The van der Waals surface area contributed by atoms with Crippen molar-refractivity contribution >= 4 is 5.91 Å². The number of ether oxygens (including phenoxy) is 1. The maximum atomic E-state index is 13.7. The Bertz CT molecular complexity index is 725. The highest BCUT2D eigenvalue weighted by Crippen LogP contribution is 2.32. The lowest BCUT2D eigenvalue weighted by atomic mass is 10.1. The van der Waals surface area contributed by atoms with Crippen molar-refractivity contribution in [3.63, 3.8) is 0 Å². The third kappa shape index (κ3) is 3.51. The minimum atomic E-state index is -0.462. The summed E-state index contributed by atoms with van der Waals surface area (Å²) in [6.45, 7) is 0.987. The molecule has 1 aromatic carbocycles. The van der Waals surface area contributed by atoms with Crippen LogP contribution < -0.4 is 10.1 Å². The zero-order chi connectivity index (χ0) is 16.9. The van der Waals surface area contributed by atoms with Gasteiger partial charge in [-0.25, -0.2) is 9.37 Å². The number of para-hydroxylation sites is 1. The van der Waals surface area contributed by atoms with Crippen molar-refractivity contribution in [2.45, 2.75) is 18.9 Å². The molecule has 7 heteroatoms. The smallest absolute Gasteiger partial charge is 0.238 e. The number of hydrogen-bond acceptors (Lipinski definition) is 5. The maximum absolute atomic E-state index is 13.7. The molecular weight excluding hydrogens is 311 g/mol. The molecule has 0 radical (unpaired) electrons. The van der Waals surface area contributed by atoms with E-state index >= 15 is 0 Å². The molecule has 0 aliphatic carbocycles. The summed E-state index contributed by atoms with van der Waals surface area (Å²) in [5.41, 5.74) is 0.658. The van der Waals surface area contributed by atoms with E-state index in [-0.39, 0.29) is 30.1 Å². The molecule has 1 fully saturated rings. The second-order valence-corrected chi connectivity index (χ2v) is 5.59. The van der Waals surface area contributed by atoms with E-state index in [1.165, 1.54) is 18.3 Å². The molecule has 1 saturated heterocycles. The number of carbonyl (C=O) groups excluding carboxylic acids is 1. The van der Waals surface area contributed by atoms with E-state index < -0.39 is 5.82 Å². The number of aromatic nitrogens is 2. The van der Waals surface area contributed by atoms with Crippen molar-refractivity contribution in [2.24, 2.45) is 0 Å². The number of likely N-dealkylation sites (tertiary alicyclic amines) is 1. The summed E-state index contributed by atoms with van der Waals surface area (Å²) in [4.78, 5) is 22.5. The van der Waals surface area contributed by atoms with Gasteiger partial charge in [0.05, 0.1) is 30.7 Å². The summed E-state index contributed by atoms with van der Waals surface area (Å²) >= 11 is 0. The number of benzene rings is 1. The summed E-state index contributed by atoms with van der Waals surface area (Å²) in [6, 6.07) is 6.00. The molecule has 1 amide bonds. The van der Waals surface area contributed by atoms with Gasteiger partial charge in [0.1, 0.15) is 0 Å². The van der Waals surface area contributed by atoms with Gasteiger partial charge in [-0.2, -0.15) is 0 Å². The van der Waals surface area contributed by atoms with Crippen molar-refractivity contribution in [2.75, 3.05) is 20.1 Å². The van der Waals surface area contributed by atoms with Gasteiger partial charge in [-0.3, -0.25) is 9.78 Å². The van der Waals surface area contributed by atoms with Crippen LogP contribution in [0.25, 0.3) is 0 Å². The van der Waals surface area contributed by atoms with E-state index in [1.54, 1.807) is 30.3 Å². The maximum Gasteiger partial charge on any atom is 0.238 e. The normalized spacial score (nSPS) is 17.1. The number of likely N-dealkylation sites (N-methyl/N-ethyl adjacent to an activating group) is 1. The SMILES string of the molecule is CNCC(=O)N1CCCC1c1cncc(Oc2ccccc2F)n1. The Morgan fingerprint density at radius 1 is 1.42 bits per heavy atom. The van der Waals surface area contributed by atoms with Gasteiger partial charge in [0.25, 0.3) is 0 Å². The summed E-state index contributed by atoms with van der Waals surface area (Å²) in [5.74, 6) is -0.123. The van der Waals surface area contributed by atoms with Gasteiger partial charge in [-0.1, -0.05) is 12.1 Å². The first-order chi connectivity index (χ1) is 11.7. The Hall–Kier alpha value is -2.54. The second kappa shape index (κ2) is 7.35. The first-order valence-corrected chi connectivity index (χ1v) is 7.87. The van der Waals surface area contributed by atoms with Crippen molar-refractivity contribution in [1.29, 1.82) is 0 Å². The molecule has 1 aliphatic heterocycles. The lowest BCUT2D eigenvalue weighted by Gasteiger charge is -2.24. The molecule has 126 valence electrons. The highest BCUT2D eigenvalue weighted by atomic mass is 19.1. The topological polar surface area (TPSA) is 67.4 Å². The van der Waals surface area contributed by atoms with Gasteiger partial charge in [0.15, 0.2) is 11.6 Å². The first kappa shape index (κ1) is 16.3. The van der Waals surface area contributed by atoms with Crippen LogP contribution in [0.1, 0.15) is 24.6 Å². The fraction of sp³-hybridized carbons (Fsp3) is 0.353. The van der Waals surface area contributed by atoms with Gasteiger partial charge in [0, 0.05) is 6.54 Å². The lowest BCUT2D eigenvalue weighted by molar-refractivity contribution is -0.131. The molecule has 1 aliphatic rings. The predicted molar refractivity (Wildman–Crippen MR) is 86.1 cm³/mol. The number of nitrogens with zero attached hydrogens (tertiary/aromatic N) is 3. The second-order valence-electron chi connectivity index (χ2n) is 5.59. The highest BCUT2D eigenvalue weighted by Gasteiger charge is 2.30. The van der Waals surface area contributed by atoms with Crippen LogP contribution in [0, 0.1) is 5.82 Å². The molecule has 1 N–H and O–H groups in total. The molecule has 1 atom stereocenters.